The van der Waals surface area contributed by atoms with Crippen molar-refractivity contribution in [3.8, 4) is 5.75 Å². The zero-order chi connectivity index (χ0) is 25.0. The van der Waals surface area contributed by atoms with Crippen molar-refractivity contribution in [2.75, 3.05) is 18.4 Å². The van der Waals surface area contributed by atoms with Crippen LogP contribution in [0.15, 0.2) is 59.5 Å². The van der Waals surface area contributed by atoms with E-state index in [4.69, 9.17) is 4.74 Å². The number of fused-ring (bicyclic) bond motifs is 1. The van der Waals surface area contributed by atoms with Crippen molar-refractivity contribution in [1.29, 1.82) is 0 Å². The highest BCUT2D eigenvalue weighted by Crippen LogP contribution is 2.27. The van der Waals surface area contributed by atoms with E-state index in [9.17, 15) is 23.1 Å². The molecule has 0 fully saturated rings. The maximum absolute atomic E-state index is 12.9. The molecule has 1 atom stereocenters. The third-order valence-corrected chi connectivity index (χ3v) is 7.71. The van der Waals surface area contributed by atoms with Crippen molar-refractivity contribution in [2.45, 2.75) is 38.7 Å². The zero-order valence-electron chi connectivity index (χ0n) is 19.5. The van der Waals surface area contributed by atoms with Crippen LogP contribution < -0.4 is 5.32 Å². The predicted molar refractivity (Wildman–Crippen MR) is 130 cm³/mol. The minimum atomic E-state index is -3.72. The molecule has 0 bridgehead atoms. The number of hydrogen-bond acceptors (Lipinski definition) is 6. The molecule has 0 spiro atoms. The Morgan fingerprint density at radius 1 is 1.03 bits per heavy atom. The lowest BCUT2D eigenvalue weighted by Gasteiger charge is -2.20. The second kappa shape index (κ2) is 10.2. The van der Waals surface area contributed by atoms with Gasteiger partial charge in [0.25, 0.3) is 5.91 Å². The number of aryl methyl sites for hydroxylation is 1. The van der Waals surface area contributed by atoms with Crippen molar-refractivity contribution < 1.29 is 27.9 Å². The standard InChI is InChI=1S/C25H28N2O6S/c1-5-27(6-2)34(31,32)23-15-20(12-11-16(23)3)26-24(29)17(4)33-25(30)21-13-18-9-7-8-10-19(18)14-22(21)28/h7-15,17,28H,5-6H2,1-4H3,(H,26,29)/t17-/m1/s1. The number of sulfonamides is 1. The van der Waals surface area contributed by atoms with Crippen molar-refractivity contribution in [3.05, 3.63) is 65.7 Å². The summed E-state index contributed by atoms with van der Waals surface area (Å²) in [6.07, 6.45) is -1.19. The van der Waals surface area contributed by atoms with Gasteiger partial charge in [0, 0.05) is 18.8 Å². The van der Waals surface area contributed by atoms with E-state index in [1.54, 1.807) is 51.1 Å². The Hall–Kier alpha value is -3.43. The Labute approximate surface area is 199 Å². The van der Waals surface area contributed by atoms with Crippen LogP contribution in [0.25, 0.3) is 10.8 Å². The number of phenols is 1. The minimum Gasteiger partial charge on any atom is -0.507 e. The first kappa shape index (κ1) is 25.2. The van der Waals surface area contributed by atoms with Gasteiger partial charge in [-0.25, -0.2) is 13.2 Å². The van der Waals surface area contributed by atoms with E-state index >= 15 is 0 Å². The maximum atomic E-state index is 12.9. The van der Waals surface area contributed by atoms with Crippen molar-refractivity contribution >= 4 is 38.4 Å². The second-order valence-corrected chi connectivity index (χ2v) is 9.73. The highest BCUT2D eigenvalue weighted by atomic mass is 32.2. The van der Waals surface area contributed by atoms with E-state index in [1.807, 2.05) is 6.07 Å². The number of benzene rings is 3. The Balaban J connectivity index is 1.76. The van der Waals surface area contributed by atoms with E-state index in [2.05, 4.69) is 5.32 Å². The number of amides is 1. The maximum Gasteiger partial charge on any atom is 0.342 e. The Morgan fingerprint density at radius 2 is 1.65 bits per heavy atom. The number of nitrogens with one attached hydrogen (secondary N) is 1. The Kier molecular flexibility index (Phi) is 7.58. The summed E-state index contributed by atoms with van der Waals surface area (Å²) in [6.45, 7) is 7.24. The minimum absolute atomic E-state index is 0.0544. The summed E-state index contributed by atoms with van der Waals surface area (Å²) < 4.78 is 32.5. The van der Waals surface area contributed by atoms with Gasteiger partial charge < -0.3 is 15.2 Å². The van der Waals surface area contributed by atoms with E-state index in [-0.39, 0.29) is 21.9 Å². The van der Waals surface area contributed by atoms with Crippen LogP contribution >= 0.6 is 0 Å². The first-order valence-electron chi connectivity index (χ1n) is 10.9. The normalized spacial score (nSPS) is 12.5. The monoisotopic (exact) mass is 484 g/mol. The summed E-state index contributed by atoms with van der Waals surface area (Å²) >= 11 is 0. The first-order chi connectivity index (χ1) is 16.1. The van der Waals surface area contributed by atoms with Crippen LogP contribution in [0, 0.1) is 6.92 Å². The number of phenolic OH excluding ortho intramolecular Hbond substituents is 1. The third-order valence-electron chi connectivity index (χ3n) is 5.52. The van der Waals surface area contributed by atoms with Gasteiger partial charge >= 0.3 is 5.97 Å². The van der Waals surface area contributed by atoms with Crippen LogP contribution in [0.2, 0.25) is 0 Å². The van der Waals surface area contributed by atoms with Gasteiger partial charge in [0.2, 0.25) is 10.0 Å². The molecule has 1 amide bonds. The molecule has 180 valence electrons. The topological polar surface area (TPSA) is 113 Å². The molecule has 0 aliphatic rings. The van der Waals surface area contributed by atoms with Gasteiger partial charge in [0.1, 0.15) is 11.3 Å². The summed E-state index contributed by atoms with van der Waals surface area (Å²) in [4.78, 5) is 25.4. The summed E-state index contributed by atoms with van der Waals surface area (Å²) in [5, 5.41) is 14.3. The summed E-state index contributed by atoms with van der Waals surface area (Å²) in [6, 6.07) is 14.8. The van der Waals surface area contributed by atoms with E-state index in [0.717, 1.165) is 10.8 Å². The second-order valence-electron chi connectivity index (χ2n) is 7.82. The molecule has 0 radical (unpaired) electrons. The molecular weight excluding hydrogens is 456 g/mol. The van der Waals surface area contributed by atoms with Crippen LogP contribution in [0.5, 0.6) is 5.75 Å². The molecule has 3 rings (SSSR count). The lowest BCUT2D eigenvalue weighted by molar-refractivity contribution is -0.123. The predicted octanol–water partition coefficient (Wildman–Crippen LogP) is 4.07. The van der Waals surface area contributed by atoms with Crippen LogP contribution in [-0.4, -0.2) is 48.9 Å². The number of aromatic hydroxyl groups is 1. The molecule has 0 saturated heterocycles. The molecule has 0 aliphatic carbocycles. The number of anilines is 1. The smallest absolute Gasteiger partial charge is 0.342 e. The number of nitrogens with zero attached hydrogens (tertiary/aromatic N) is 1. The van der Waals surface area contributed by atoms with Crippen LogP contribution in [-0.2, 0) is 19.6 Å². The van der Waals surface area contributed by atoms with Gasteiger partial charge in [0.05, 0.1) is 4.90 Å². The summed E-state index contributed by atoms with van der Waals surface area (Å²) in [7, 11) is -3.72. The first-order valence-corrected chi connectivity index (χ1v) is 12.4. The molecule has 0 aromatic heterocycles. The molecule has 0 unspecified atom stereocenters. The molecule has 34 heavy (non-hydrogen) atoms. The molecule has 0 saturated carbocycles. The Bertz CT molecular complexity index is 1330. The molecule has 8 nitrogen and oxygen atoms in total. The molecule has 0 aliphatic heterocycles. The molecule has 3 aromatic rings. The molecule has 0 heterocycles. The Morgan fingerprint density at radius 3 is 2.26 bits per heavy atom. The molecule has 3 aromatic carbocycles. The SMILES string of the molecule is CCN(CC)S(=O)(=O)c1cc(NC(=O)[C@@H](C)OC(=O)c2cc3ccccc3cc2O)ccc1C. The van der Waals surface area contributed by atoms with E-state index in [1.165, 1.54) is 29.4 Å². The van der Waals surface area contributed by atoms with E-state index in [0.29, 0.717) is 18.7 Å². The summed E-state index contributed by atoms with van der Waals surface area (Å²) in [5.74, 6) is -1.73. The van der Waals surface area contributed by atoms with Crippen molar-refractivity contribution in [1.82, 2.24) is 4.31 Å². The number of hydrogen-bond donors (Lipinski definition) is 2. The van der Waals surface area contributed by atoms with Gasteiger partial charge in [0.15, 0.2) is 6.10 Å². The fourth-order valence-corrected chi connectivity index (χ4v) is 5.28. The summed E-state index contributed by atoms with van der Waals surface area (Å²) in [5.41, 5.74) is 0.759. The van der Waals surface area contributed by atoms with Gasteiger partial charge in [-0.3, -0.25) is 4.79 Å². The largest absolute Gasteiger partial charge is 0.507 e. The van der Waals surface area contributed by atoms with Crippen LogP contribution in [0.3, 0.4) is 0 Å². The van der Waals surface area contributed by atoms with Gasteiger partial charge in [-0.05, 0) is 54.4 Å². The highest BCUT2D eigenvalue weighted by Gasteiger charge is 2.25. The number of ether oxygens (including phenoxy) is 1. The van der Waals surface area contributed by atoms with Gasteiger partial charge in [-0.15, -0.1) is 0 Å². The number of rotatable bonds is 8. The van der Waals surface area contributed by atoms with Crippen molar-refractivity contribution in [3.63, 3.8) is 0 Å². The number of esters is 1. The van der Waals surface area contributed by atoms with Gasteiger partial charge in [-0.1, -0.05) is 44.2 Å². The third kappa shape index (κ3) is 5.21. The fraction of sp³-hybridized carbons (Fsp3) is 0.280. The lowest BCUT2D eigenvalue weighted by Crippen LogP contribution is -2.32. The van der Waals surface area contributed by atoms with E-state index < -0.39 is 28.0 Å². The molecule has 2 N–H and O–H groups in total. The van der Waals surface area contributed by atoms with Crippen molar-refractivity contribution in [2.24, 2.45) is 0 Å². The molecular formula is C25H28N2O6S. The van der Waals surface area contributed by atoms with Crippen LogP contribution in [0.1, 0.15) is 36.7 Å². The quantitative estimate of drug-likeness (QED) is 0.466. The molecule has 9 heteroatoms. The highest BCUT2D eigenvalue weighted by molar-refractivity contribution is 7.89. The average molecular weight is 485 g/mol. The lowest BCUT2D eigenvalue weighted by atomic mass is 10.1. The number of carbonyl (C=O) groups excluding carboxylic acids is 2. The van der Waals surface area contributed by atoms with Crippen LogP contribution in [0.4, 0.5) is 5.69 Å². The fourth-order valence-electron chi connectivity index (χ4n) is 3.57. The zero-order valence-corrected chi connectivity index (χ0v) is 20.3. The average Bonchev–Trinajstić information content (AvgIpc) is 2.80. The van der Waals surface area contributed by atoms with Gasteiger partial charge in [-0.2, -0.15) is 4.31 Å². The number of carbonyl (C=O) groups is 2.